The van der Waals surface area contributed by atoms with Crippen LogP contribution in [0.4, 0.5) is 11.4 Å². The molecule has 0 aliphatic carbocycles. The number of nitro benzene ring substituents is 1. The molecule has 8 heteroatoms. The van der Waals surface area contributed by atoms with E-state index in [2.05, 4.69) is 28.2 Å². The van der Waals surface area contributed by atoms with Crippen molar-refractivity contribution in [3.05, 3.63) is 56.5 Å². The van der Waals surface area contributed by atoms with E-state index in [9.17, 15) is 14.9 Å². The average Bonchev–Trinajstić information content (AvgIpc) is 2.63. The van der Waals surface area contributed by atoms with Crippen LogP contribution in [0, 0.1) is 10.1 Å². The van der Waals surface area contributed by atoms with Gasteiger partial charge in [-0.3, -0.25) is 14.9 Å². The summed E-state index contributed by atoms with van der Waals surface area (Å²) >= 11 is 3.40. The van der Waals surface area contributed by atoms with E-state index >= 15 is 0 Å². The Morgan fingerprint density at radius 2 is 2.00 bits per heavy atom. The number of non-ortho nitro benzene ring substituents is 1. The minimum Gasteiger partial charge on any atom is -0.494 e. The molecule has 0 atom stereocenters. The number of nitrogens with zero attached hydrogens (tertiary/aromatic N) is 1. The zero-order chi connectivity index (χ0) is 19.1. The highest BCUT2D eigenvalue weighted by atomic mass is 79.9. The molecule has 0 bridgehead atoms. The normalized spacial score (nSPS) is 10.3. The highest BCUT2D eigenvalue weighted by Crippen LogP contribution is 2.30. The van der Waals surface area contributed by atoms with Gasteiger partial charge in [0, 0.05) is 11.6 Å². The summed E-state index contributed by atoms with van der Waals surface area (Å²) < 4.78 is 11.4. The number of unbranched alkanes of at least 4 members (excludes halogenated alkanes) is 1. The van der Waals surface area contributed by atoms with E-state index < -0.39 is 4.92 Å². The Kier molecular flexibility index (Phi) is 6.97. The summed E-state index contributed by atoms with van der Waals surface area (Å²) in [6.45, 7) is 2.69. The molecule has 0 aromatic heterocycles. The van der Waals surface area contributed by atoms with Gasteiger partial charge in [-0.1, -0.05) is 13.3 Å². The molecule has 1 N–H and O–H groups in total. The number of ether oxygens (including phenoxy) is 2. The van der Waals surface area contributed by atoms with Crippen LogP contribution in [0.3, 0.4) is 0 Å². The summed E-state index contributed by atoms with van der Waals surface area (Å²) in [5, 5.41) is 13.5. The zero-order valence-electron chi connectivity index (χ0n) is 14.5. The van der Waals surface area contributed by atoms with Gasteiger partial charge in [-0.25, -0.2) is 0 Å². The van der Waals surface area contributed by atoms with Crippen LogP contribution >= 0.6 is 15.9 Å². The van der Waals surface area contributed by atoms with Gasteiger partial charge in [0.05, 0.1) is 34.9 Å². The molecule has 0 aliphatic heterocycles. The quantitative estimate of drug-likeness (QED) is 0.374. The molecule has 2 aromatic carbocycles. The highest BCUT2D eigenvalue weighted by Gasteiger charge is 2.15. The lowest BCUT2D eigenvalue weighted by atomic mass is 10.2. The van der Waals surface area contributed by atoms with Crippen molar-refractivity contribution in [3.63, 3.8) is 0 Å². The van der Waals surface area contributed by atoms with Crippen molar-refractivity contribution in [2.45, 2.75) is 19.8 Å². The fourth-order valence-corrected chi connectivity index (χ4v) is 2.67. The number of hydrogen-bond donors (Lipinski definition) is 1. The standard InChI is InChI=1S/C18H19BrN2O5/c1-3-4-9-26-16-8-5-12(10-14(16)19)18(22)20-15-7-6-13(21(23)24)11-17(15)25-2/h5-8,10-11H,3-4,9H2,1-2H3,(H,20,22). The molecular weight excluding hydrogens is 404 g/mol. The predicted molar refractivity (Wildman–Crippen MR) is 102 cm³/mol. The van der Waals surface area contributed by atoms with Crippen LogP contribution < -0.4 is 14.8 Å². The maximum absolute atomic E-state index is 12.5. The Bertz CT molecular complexity index is 810. The fraction of sp³-hybridized carbons (Fsp3) is 0.278. The first-order chi connectivity index (χ1) is 12.5. The first-order valence-electron chi connectivity index (χ1n) is 8.02. The molecule has 2 aromatic rings. The fourth-order valence-electron chi connectivity index (χ4n) is 2.18. The molecule has 0 fully saturated rings. The molecule has 0 heterocycles. The average molecular weight is 423 g/mol. The first kappa shape index (κ1) is 19.7. The lowest BCUT2D eigenvalue weighted by Gasteiger charge is -2.12. The van der Waals surface area contributed by atoms with E-state index in [1.165, 1.54) is 25.3 Å². The lowest BCUT2D eigenvalue weighted by molar-refractivity contribution is -0.384. The summed E-state index contributed by atoms with van der Waals surface area (Å²) in [5.74, 6) is 0.520. The second-order valence-corrected chi connectivity index (χ2v) is 6.30. The van der Waals surface area contributed by atoms with Crippen molar-refractivity contribution in [2.75, 3.05) is 19.0 Å². The van der Waals surface area contributed by atoms with Gasteiger partial charge >= 0.3 is 0 Å². The summed E-state index contributed by atoms with van der Waals surface area (Å²) in [6.07, 6.45) is 1.99. The van der Waals surface area contributed by atoms with Crippen LogP contribution in [-0.2, 0) is 0 Å². The summed E-state index contributed by atoms with van der Waals surface area (Å²) in [4.78, 5) is 22.8. The summed E-state index contributed by atoms with van der Waals surface area (Å²) in [7, 11) is 1.38. The predicted octanol–water partition coefficient (Wildman–Crippen LogP) is 4.80. The number of benzene rings is 2. The SMILES string of the molecule is CCCCOc1ccc(C(=O)Nc2ccc([N+](=O)[O-])cc2OC)cc1Br. The molecule has 0 saturated heterocycles. The zero-order valence-corrected chi connectivity index (χ0v) is 16.0. The molecule has 0 unspecified atom stereocenters. The Morgan fingerprint density at radius 1 is 1.23 bits per heavy atom. The molecule has 1 amide bonds. The number of halogens is 1. The van der Waals surface area contributed by atoms with Gasteiger partial charge in [-0.05, 0) is 46.6 Å². The van der Waals surface area contributed by atoms with Crippen LogP contribution in [0.1, 0.15) is 30.1 Å². The van der Waals surface area contributed by atoms with Crippen LogP contribution in [0.5, 0.6) is 11.5 Å². The summed E-state index contributed by atoms with van der Waals surface area (Å²) in [6, 6.07) is 9.04. The topological polar surface area (TPSA) is 90.7 Å². The number of carbonyl (C=O) groups excluding carboxylic acids is 1. The van der Waals surface area contributed by atoms with Crippen LogP contribution in [0.15, 0.2) is 40.9 Å². The van der Waals surface area contributed by atoms with Crippen molar-refractivity contribution >= 4 is 33.2 Å². The molecule has 2 rings (SSSR count). The van der Waals surface area contributed by atoms with E-state index in [0.717, 1.165) is 12.8 Å². The van der Waals surface area contributed by atoms with Crippen LogP contribution in [-0.4, -0.2) is 24.5 Å². The number of amides is 1. The smallest absolute Gasteiger partial charge is 0.273 e. The van der Waals surface area contributed by atoms with E-state index in [1.807, 2.05) is 0 Å². The van der Waals surface area contributed by atoms with Crippen LogP contribution in [0.25, 0.3) is 0 Å². The Balaban J connectivity index is 2.14. The Labute approximate surface area is 159 Å². The third-order valence-electron chi connectivity index (χ3n) is 3.59. The summed E-state index contributed by atoms with van der Waals surface area (Å²) in [5.41, 5.74) is 0.652. The molecular formula is C18H19BrN2O5. The second-order valence-electron chi connectivity index (χ2n) is 5.44. The molecule has 0 aliphatic rings. The van der Waals surface area contributed by atoms with Gasteiger partial charge in [0.1, 0.15) is 11.5 Å². The van der Waals surface area contributed by atoms with E-state index in [0.29, 0.717) is 28.1 Å². The Hall–Kier alpha value is -2.61. The minimum absolute atomic E-state index is 0.115. The number of rotatable bonds is 8. The maximum Gasteiger partial charge on any atom is 0.273 e. The Morgan fingerprint density at radius 3 is 2.62 bits per heavy atom. The van der Waals surface area contributed by atoms with Crippen molar-refractivity contribution in [3.8, 4) is 11.5 Å². The van der Waals surface area contributed by atoms with Gasteiger partial charge in [-0.15, -0.1) is 0 Å². The third-order valence-corrected chi connectivity index (χ3v) is 4.21. The number of methoxy groups -OCH3 is 1. The number of hydrogen-bond acceptors (Lipinski definition) is 5. The van der Waals surface area contributed by atoms with Gasteiger partial charge in [0.15, 0.2) is 0 Å². The van der Waals surface area contributed by atoms with Crippen molar-refractivity contribution in [2.24, 2.45) is 0 Å². The van der Waals surface area contributed by atoms with E-state index in [1.54, 1.807) is 18.2 Å². The number of carbonyl (C=O) groups is 1. The van der Waals surface area contributed by atoms with E-state index in [-0.39, 0.29) is 17.3 Å². The molecule has 138 valence electrons. The number of nitro groups is 1. The number of anilines is 1. The lowest BCUT2D eigenvalue weighted by Crippen LogP contribution is -2.13. The van der Waals surface area contributed by atoms with Crippen LogP contribution in [0.2, 0.25) is 0 Å². The number of nitrogens with one attached hydrogen (secondary N) is 1. The molecule has 0 radical (unpaired) electrons. The minimum atomic E-state index is -0.525. The molecule has 0 spiro atoms. The molecule has 26 heavy (non-hydrogen) atoms. The van der Waals surface area contributed by atoms with Crippen molar-refractivity contribution < 1.29 is 19.2 Å². The van der Waals surface area contributed by atoms with Gasteiger partial charge in [0.25, 0.3) is 11.6 Å². The van der Waals surface area contributed by atoms with Crippen molar-refractivity contribution in [1.29, 1.82) is 0 Å². The highest BCUT2D eigenvalue weighted by molar-refractivity contribution is 9.10. The first-order valence-corrected chi connectivity index (χ1v) is 8.81. The van der Waals surface area contributed by atoms with Gasteiger partial charge in [0.2, 0.25) is 0 Å². The van der Waals surface area contributed by atoms with Crippen molar-refractivity contribution in [1.82, 2.24) is 0 Å². The van der Waals surface area contributed by atoms with E-state index in [4.69, 9.17) is 9.47 Å². The second kappa shape index (κ2) is 9.19. The van der Waals surface area contributed by atoms with Gasteiger partial charge in [-0.2, -0.15) is 0 Å². The maximum atomic E-state index is 12.5. The molecule has 7 nitrogen and oxygen atoms in total. The monoisotopic (exact) mass is 422 g/mol. The van der Waals surface area contributed by atoms with Gasteiger partial charge < -0.3 is 14.8 Å². The largest absolute Gasteiger partial charge is 0.494 e. The molecule has 0 saturated carbocycles. The third kappa shape index (κ3) is 4.95.